The van der Waals surface area contributed by atoms with Gasteiger partial charge in [0.15, 0.2) is 6.10 Å². The zero-order chi connectivity index (χ0) is 56.4. The van der Waals surface area contributed by atoms with Gasteiger partial charge in [0.1, 0.15) is 13.2 Å². The Morgan fingerprint density at radius 3 is 0.859 bits per heavy atom. The number of unbranched alkanes of at least 4 members (excludes halogenated alkanes) is 33. The molecule has 1 atom stereocenters. The quantitative estimate of drug-likeness (QED) is 0.0261. The van der Waals surface area contributed by atoms with Crippen LogP contribution in [0.4, 0.5) is 0 Å². The predicted octanol–water partition coefficient (Wildman–Crippen LogP) is 22.8. The van der Waals surface area contributed by atoms with E-state index in [2.05, 4.69) is 112 Å². The van der Waals surface area contributed by atoms with Gasteiger partial charge in [-0.15, -0.1) is 0 Å². The van der Waals surface area contributed by atoms with E-state index in [-0.39, 0.29) is 44.0 Å². The highest BCUT2D eigenvalue weighted by Gasteiger charge is 2.19. The molecule has 448 valence electrons. The second-order valence-electron chi connectivity index (χ2n) is 22.0. The van der Waals surface area contributed by atoms with Crippen molar-refractivity contribution >= 4 is 17.9 Å². The molecule has 0 aromatic rings. The second-order valence-corrected chi connectivity index (χ2v) is 22.0. The maximum atomic E-state index is 12.9. The van der Waals surface area contributed by atoms with Gasteiger partial charge in [0.25, 0.3) is 0 Å². The predicted molar refractivity (Wildman–Crippen MR) is 339 cm³/mol. The van der Waals surface area contributed by atoms with Crippen LogP contribution >= 0.6 is 0 Å². The lowest BCUT2D eigenvalue weighted by molar-refractivity contribution is -0.166. The van der Waals surface area contributed by atoms with Crippen LogP contribution in [0.1, 0.15) is 323 Å². The number of rotatable bonds is 60. The third kappa shape index (κ3) is 63.2. The smallest absolute Gasteiger partial charge is 0.306 e. The van der Waals surface area contributed by atoms with Gasteiger partial charge in [-0.2, -0.15) is 0 Å². The maximum Gasteiger partial charge on any atom is 0.306 e. The average molecular weight is 1090 g/mol. The lowest BCUT2D eigenvalue weighted by atomic mass is 10.0. The fourth-order valence-electron chi connectivity index (χ4n) is 9.45. The van der Waals surface area contributed by atoms with E-state index in [1.807, 2.05) is 6.08 Å². The van der Waals surface area contributed by atoms with E-state index in [1.165, 1.54) is 173 Å². The molecule has 6 heteroatoms. The Labute approximate surface area is 483 Å². The van der Waals surface area contributed by atoms with Crippen molar-refractivity contribution in [2.75, 3.05) is 13.2 Å². The number of carbonyl (C=O) groups is 3. The minimum absolute atomic E-state index is 0.108. The zero-order valence-electron chi connectivity index (χ0n) is 51.4. The van der Waals surface area contributed by atoms with Crippen LogP contribution in [0.2, 0.25) is 0 Å². The molecule has 0 rings (SSSR count). The minimum atomic E-state index is -0.820. The van der Waals surface area contributed by atoms with Crippen LogP contribution in [0.3, 0.4) is 0 Å². The van der Waals surface area contributed by atoms with Crippen molar-refractivity contribution in [1.29, 1.82) is 0 Å². The number of hydrogen-bond acceptors (Lipinski definition) is 6. The first-order valence-corrected chi connectivity index (χ1v) is 33.2. The molecule has 0 heterocycles. The molecule has 0 saturated heterocycles. The fourth-order valence-corrected chi connectivity index (χ4v) is 9.45. The number of esters is 3. The molecule has 0 spiro atoms. The number of ether oxygens (including phenoxy) is 3. The molecule has 0 radical (unpaired) electrons. The summed E-state index contributed by atoms with van der Waals surface area (Å²) in [5, 5.41) is 0. The van der Waals surface area contributed by atoms with E-state index in [4.69, 9.17) is 14.2 Å². The maximum absolute atomic E-state index is 12.9. The first-order valence-electron chi connectivity index (χ1n) is 33.2. The lowest BCUT2D eigenvalue weighted by Crippen LogP contribution is -2.30. The Balaban J connectivity index is 4.24. The van der Waals surface area contributed by atoms with Crippen LogP contribution in [0.5, 0.6) is 0 Å². The van der Waals surface area contributed by atoms with E-state index < -0.39 is 6.10 Å². The summed E-state index contributed by atoms with van der Waals surface area (Å²) in [7, 11) is 0. The standard InChI is InChI=1S/C72H124O6/c1-4-7-10-13-16-19-22-25-27-29-30-31-32-33-34-35-36-37-38-39-40-41-43-44-47-50-53-56-59-62-65-71(74)77-68-69(67-76-70(73)64-61-58-55-52-49-46-24-21-18-15-12-9-6-3)78-72(75)66-63-60-57-54-51-48-45-42-28-26-23-20-17-14-11-8-5-2/h8-9,11-12,17-18,20-21,26,28,45-46,48-49,55,58,69H,4-7,10,13-16,19,22-25,27,29-44,47,50-54,56-57,59-68H2,1-3H3/b11-8-,12-9-,20-17-,21-18-,28-26-,48-45-,49-46-,58-55-. The molecular formula is C72H124O6. The normalized spacial score (nSPS) is 12.7. The van der Waals surface area contributed by atoms with Crippen LogP contribution < -0.4 is 0 Å². The fraction of sp³-hybridized carbons (Fsp3) is 0.736. The molecule has 0 saturated carbocycles. The highest BCUT2D eigenvalue weighted by Crippen LogP contribution is 2.18. The summed E-state index contributed by atoms with van der Waals surface area (Å²) in [4.78, 5) is 38.2. The molecule has 78 heavy (non-hydrogen) atoms. The highest BCUT2D eigenvalue weighted by molar-refractivity contribution is 5.71. The van der Waals surface area contributed by atoms with Gasteiger partial charge in [-0.3, -0.25) is 14.4 Å². The topological polar surface area (TPSA) is 78.9 Å². The molecule has 1 unspecified atom stereocenters. The molecule has 0 fully saturated rings. The molecule has 0 bridgehead atoms. The summed E-state index contributed by atoms with van der Waals surface area (Å²) < 4.78 is 16.8. The van der Waals surface area contributed by atoms with E-state index in [0.717, 1.165) is 103 Å². The van der Waals surface area contributed by atoms with Gasteiger partial charge in [0.2, 0.25) is 0 Å². The second kappa shape index (κ2) is 65.8. The molecule has 0 aromatic heterocycles. The van der Waals surface area contributed by atoms with Crippen molar-refractivity contribution < 1.29 is 28.6 Å². The van der Waals surface area contributed by atoms with Gasteiger partial charge >= 0.3 is 17.9 Å². The first kappa shape index (κ1) is 74.3. The van der Waals surface area contributed by atoms with Crippen LogP contribution in [0.15, 0.2) is 97.2 Å². The summed E-state index contributed by atoms with van der Waals surface area (Å²) in [6, 6.07) is 0. The number of allylic oxidation sites excluding steroid dienone is 16. The number of hydrogen-bond donors (Lipinski definition) is 0. The lowest BCUT2D eigenvalue weighted by Gasteiger charge is -2.18. The molecule has 0 aliphatic carbocycles. The SMILES string of the molecule is CC/C=C\C/C=C\C/C=C\C/C=C\CCCCCCC(=O)OC(COC(=O)CC/C=C\C/C=C\C/C=C\C/C=C\CC)COC(=O)CCCCCCCCCCCCCCCCCCCCCCCCCCCCCCCC. The van der Waals surface area contributed by atoms with Crippen LogP contribution in [-0.2, 0) is 28.6 Å². The summed E-state index contributed by atoms with van der Waals surface area (Å²) in [5.41, 5.74) is 0. The van der Waals surface area contributed by atoms with Gasteiger partial charge in [-0.25, -0.2) is 0 Å². The first-order chi connectivity index (χ1) is 38.5. The van der Waals surface area contributed by atoms with Crippen molar-refractivity contribution in [2.24, 2.45) is 0 Å². The van der Waals surface area contributed by atoms with Crippen molar-refractivity contribution in [1.82, 2.24) is 0 Å². The number of carbonyl (C=O) groups excluding carboxylic acids is 3. The monoisotopic (exact) mass is 1080 g/mol. The third-order valence-electron chi connectivity index (χ3n) is 14.3. The Hall–Kier alpha value is -3.67. The van der Waals surface area contributed by atoms with Crippen LogP contribution in [-0.4, -0.2) is 37.2 Å². The van der Waals surface area contributed by atoms with E-state index in [1.54, 1.807) is 0 Å². The zero-order valence-corrected chi connectivity index (χ0v) is 51.4. The van der Waals surface area contributed by atoms with Gasteiger partial charge in [0, 0.05) is 19.3 Å². The van der Waals surface area contributed by atoms with E-state index in [9.17, 15) is 14.4 Å². The Morgan fingerprint density at radius 2 is 0.526 bits per heavy atom. The van der Waals surface area contributed by atoms with Gasteiger partial charge < -0.3 is 14.2 Å². The largest absolute Gasteiger partial charge is 0.462 e. The third-order valence-corrected chi connectivity index (χ3v) is 14.3. The Bertz CT molecular complexity index is 1530. The van der Waals surface area contributed by atoms with Crippen molar-refractivity contribution in [3.63, 3.8) is 0 Å². The summed E-state index contributed by atoms with van der Waals surface area (Å²) >= 11 is 0. The highest BCUT2D eigenvalue weighted by atomic mass is 16.6. The summed E-state index contributed by atoms with van der Waals surface area (Å²) in [6.45, 7) is 6.36. The van der Waals surface area contributed by atoms with Crippen LogP contribution in [0.25, 0.3) is 0 Å². The van der Waals surface area contributed by atoms with Gasteiger partial charge in [0.05, 0.1) is 0 Å². The minimum Gasteiger partial charge on any atom is -0.462 e. The van der Waals surface area contributed by atoms with E-state index in [0.29, 0.717) is 12.8 Å². The molecule has 6 nitrogen and oxygen atoms in total. The van der Waals surface area contributed by atoms with Gasteiger partial charge in [-0.1, -0.05) is 317 Å². The van der Waals surface area contributed by atoms with Gasteiger partial charge in [-0.05, 0) is 83.5 Å². The van der Waals surface area contributed by atoms with E-state index >= 15 is 0 Å². The summed E-state index contributed by atoms with van der Waals surface area (Å²) in [5.74, 6) is -1.01. The van der Waals surface area contributed by atoms with Crippen molar-refractivity contribution in [2.45, 2.75) is 329 Å². The molecular weight excluding hydrogens is 961 g/mol. The molecule has 0 aliphatic rings. The van der Waals surface area contributed by atoms with Crippen LogP contribution in [0, 0.1) is 0 Å². The summed E-state index contributed by atoms with van der Waals surface area (Å²) in [6.07, 6.45) is 88.9. The molecule has 0 N–H and O–H groups in total. The van der Waals surface area contributed by atoms with Crippen molar-refractivity contribution in [3.05, 3.63) is 97.2 Å². The molecule has 0 aliphatic heterocycles. The average Bonchev–Trinajstić information content (AvgIpc) is 3.44. The Morgan fingerprint density at radius 1 is 0.269 bits per heavy atom. The van der Waals surface area contributed by atoms with Crippen molar-refractivity contribution in [3.8, 4) is 0 Å². The Kier molecular flexibility index (Phi) is 62.7. The molecule has 0 amide bonds. The molecule has 0 aromatic carbocycles.